The van der Waals surface area contributed by atoms with Crippen LogP contribution >= 0.6 is 0 Å². The number of nitrogens with one attached hydrogen (secondary N) is 1. The van der Waals surface area contributed by atoms with Crippen LogP contribution < -0.4 is 5.32 Å². The molecule has 0 rings (SSSR count). The summed E-state index contributed by atoms with van der Waals surface area (Å²) in [4.78, 5) is 0. The second-order valence-corrected chi connectivity index (χ2v) is 3.48. The van der Waals surface area contributed by atoms with Gasteiger partial charge in [0.2, 0.25) is 0 Å². The Labute approximate surface area is 76.7 Å². The largest absolute Gasteiger partial charge is 0.381 e. The van der Waals surface area contributed by atoms with E-state index in [4.69, 9.17) is 4.74 Å². The van der Waals surface area contributed by atoms with E-state index in [0.717, 1.165) is 0 Å². The third kappa shape index (κ3) is 3.55. The van der Waals surface area contributed by atoms with E-state index in [1.165, 1.54) is 12.8 Å². The summed E-state index contributed by atoms with van der Waals surface area (Å²) in [6, 6.07) is 0.588. The molecule has 0 saturated carbocycles. The fourth-order valence-corrected chi connectivity index (χ4v) is 1.52. The minimum atomic E-state index is 0.342. The maximum absolute atomic E-state index is 5.30. The van der Waals surface area contributed by atoms with E-state index in [9.17, 15) is 0 Å². The first-order valence-corrected chi connectivity index (χ1v) is 4.87. The molecule has 0 aromatic heterocycles. The van der Waals surface area contributed by atoms with Crippen molar-refractivity contribution in [2.75, 3.05) is 14.2 Å². The van der Waals surface area contributed by atoms with Gasteiger partial charge in [0, 0.05) is 13.2 Å². The maximum Gasteiger partial charge on any atom is 0.0583 e. The van der Waals surface area contributed by atoms with Gasteiger partial charge in [0.25, 0.3) is 0 Å². The Morgan fingerprint density at radius 3 is 2.25 bits per heavy atom. The Bertz CT molecular complexity index is 106. The highest BCUT2D eigenvalue weighted by Gasteiger charge is 2.19. The second-order valence-electron chi connectivity index (χ2n) is 3.48. The van der Waals surface area contributed by atoms with E-state index in [-0.39, 0.29) is 0 Å². The van der Waals surface area contributed by atoms with Gasteiger partial charge in [-0.05, 0) is 26.3 Å². The zero-order valence-electron chi connectivity index (χ0n) is 9.05. The number of methoxy groups -OCH3 is 1. The van der Waals surface area contributed by atoms with Crippen molar-refractivity contribution in [1.29, 1.82) is 0 Å². The van der Waals surface area contributed by atoms with Crippen molar-refractivity contribution in [3.63, 3.8) is 0 Å². The Morgan fingerprint density at radius 2 is 1.92 bits per heavy atom. The highest BCUT2D eigenvalue weighted by Crippen LogP contribution is 2.14. The highest BCUT2D eigenvalue weighted by molar-refractivity contribution is 4.75. The van der Waals surface area contributed by atoms with E-state index in [1.54, 1.807) is 7.11 Å². The molecule has 0 aromatic carbocycles. The van der Waals surface area contributed by atoms with Gasteiger partial charge in [-0.15, -0.1) is 0 Å². The molecular formula is C10H23NO. The number of hydrogen-bond acceptors (Lipinski definition) is 2. The molecule has 2 nitrogen and oxygen atoms in total. The quantitative estimate of drug-likeness (QED) is 0.663. The smallest absolute Gasteiger partial charge is 0.0583 e. The lowest BCUT2D eigenvalue weighted by Crippen LogP contribution is -2.38. The third-order valence-corrected chi connectivity index (χ3v) is 2.72. The van der Waals surface area contributed by atoms with Crippen molar-refractivity contribution in [1.82, 2.24) is 5.32 Å². The Hall–Kier alpha value is -0.0800. The van der Waals surface area contributed by atoms with Gasteiger partial charge in [-0.25, -0.2) is 0 Å². The van der Waals surface area contributed by atoms with Gasteiger partial charge in [-0.2, -0.15) is 0 Å². The van der Waals surface area contributed by atoms with Crippen LogP contribution in [0.5, 0.6) is 0 Å². The van der Waals surface area contributed by atoms with Crippen LogP contribution in [0, 0.1) is 5.92 Å². The standard InChI is InChI=1S/C10H23NO/c1-6-7-10(11-4)8(2)9(3)12-5/h8-11H,6-7H2,1-5H3. The van der Waals surface area contributed by atoms with Crippen molar-refractivity contribution in [3.05, 3.63) is 0 Å². The van der Waals surface area contributed by atoms with Gasteiger partial charge in [0.05, 0.1) is 6.10 Å². The van der Waals surface area contributed by atoms with E-state index in [2.05, 4.69) is 26.1 Å². The van der Waals surface area contributed by atoms with Gasteiger partial charge >= 0.3 is 0 Å². The van der Waals surface area contributed by atoms with Crippen molar-refractivity contribution in [3.8, 4) is 0 Å². The van der Waals surface area contributed by atoms with Crippen LogP contribution in [0.3, 0.4) is 0 Å². The summed E-state index contributed by atoms with van der Waals surface area (Å²) in [5.74, 6) is 0.583. The molecule has 0 saturated heterocycles. The number of hydrogen-bond donors (Lipinski definition) is 1. The van der Waals surface area contributed by atoms with Gasteiger partial charge < -0.3 is 10.1 Å². The first-order valence-electron chi connectivity index (χ1n) is 4.87. The van der Waals surface area contributed by atoms with Crippen LogP contribution in [0.1, 0.15) is 33.6 Å². The fourth-order valence-electron chi connectivity index (χ4n) is 1.52. The molecule has 0 heterocycles. The van der Waals surface area contributed by atoms with Crippen molar-refractivity contribution >= 4 is 0 Å². The summed E-state index contributed by atoms with van der Waals surface area (Å²) in [6.07, 6.45) is 2.80. The van der Waals surface area contributed by atoms with Crippen LogP contribution in [0.15, 0.2) is 0 Å². The maximum atomic E-state index is 5.30. The van der Waals surface area contributed by atoms with E-state index in [0.29, 0.717) is 18.1 Å². The number of ether oxygens (including phenoxy) is 1. The Morgan fingerprint density at radius 1 is 1.33 bits per heavy atom. The highest BCUT2D eigenvalue weighted by atomic mass is 16.5. The molecule has 2 heteroatoms. The van der Waals surface area contributed by atoms with Crippen LogP contribution in [0.4, 0.5) is 0 Å². The summed E-state index contributed by atoms with van der Waals surface area (Å²) in [7, 11) is 3.80. The molecular weight excluding hydrogens is 150 g/mol. The minimum absolute atomic E-state index is 0.342. The lowest BCUT2D eigenvalue weighted by Gasteiger charge is -2.27. The molecule has 1 N–H and O–H groups in total. The van der Waals surface area contributed by atoms with Crippen LogP contribution in [-0.4, -0.2) is 26.3 Å². The molecule has 3 atom stereocenters. The molecule has 0 aliphatic rings. The molecule has 0 amide bonds. The van der Waals surface area contributed by atoms with Crippen LogP contribution in [-0.2, 0) is 4.74 Å². The molecule has 12 heavy (non-hydrogen) atoms. The molecule has 0 radical (unpaired) electrons. The lowest BCUT2D eigenvalue weighted by molar-refractivity contribution is 0.0571. The van der Waals surface area contributed by atoms with Gasteiger partial charge in [0.1, 0.15) is 0 Å². The first-order chi connectivity index (χ1) is 5.67. The lowest BCUT2D eigenvalue weighted by atomic mass is 9.93. The van der Waals surface area contributed by atoms with Crippen LogP contribution in [0.25, 0.3) is 0 Å². The summed E-state index contributed by atoms with van der Waals surface area (Å²) in [6.45, 7) is 6.59. The SMILES string of the molecule is CCCC(NC)C(C)C(C)OC. The third-order valence-electron chi connectivity index (χ3n) is 2.72. The fraction of sp³-hybridized carbons (Fsp3) is 1.00. The molecule has 0 aliphatic carbocycles. The monoisotopic (exact) mass is 173 g/mol. The van der Waals surface area contributed by atoms with Crippen LogP contribution in [0.2, 0.25) is 0 Å². The molecule has 0 fully saturated rings. The Kier molecular flexibility index (Phi) is 6.39. The molecule has 0 bridgehead atoms. The molecule has 74 valence electrons. The van der Waals surface area contributed by atoms with Crippen molar-refractivity contribution < 1.29 is 4.74 Å². The van der Waals surface area contributed by atoms with E-state index >= 15 is 0 Å². The molecule has 0 aromatic rings. The average molecular weight is 173 g/mol. The van der Waals surface area contributed by atoms with Gasteiger partial charge in [-0.1, -0.05) is 20.3 Å². The summed E-state index contributed by atoms with van der Waals surface area (Å²) in [5.41, 5.74) is 0. The normalized spacial score (nSPS) is 18.8. The summed E-state index contributed by atoms with van der Waals surface area (Å²) in [5, 5.41) is 3.34. The zero-order chi connectivity index (χ0) is 9.56. The topological polar surface area (TPSA) is 21.3 Å². The zero-order valence-corrected chi connectivity index (χ0v) is 9.05. The molecule has 3 unspecified atom stereocenters. The van der Waals surface area contributed by atoms with Crippen molar-refractivity contribution in [2.45, 2.75) is 45.8 Å². The van der Waals surface area contributed by atoms with E-state index in [1.807, 2.05) is 7.05 Å². The predicted octanol–water partition coefficient (Wildman–Crippen LogP) is 2.05. The summed E-state index contributed by atoms with van der Waals surface area (Å²) < 4.78 is 5.30. The predicted molar refractivity (Wildman–Crippen MR) is 53.4 cm³/mol. The van der Waals surface area contributed by atoms with Crippen molar-refractivity contribution in [2.24, 2.45) is 5.92 Å². The molecule has 0 spiro atoms. The van der Waals surface area contributed by atoms with Gasteiger partial charge in [-0.3, -0.25) is 0 Å². The average Bonchev–Trinajstić information content (AvgIpc) is 2.11. The molecule has 0 aliphatic heterocycles. The second kappa shape index (κ2) is 6.44. The first kappa shape index (κ1) is 11.9. The Balaban J connectivity index is 3.91. The van der Waals surface area contributed by atoms with E-state index < -0.39 is 0 Å². The number of rotatable bonds is 6. The summed E-state index contributed by atoms with van der Waals surface area (Å²) >= 11 is 0. The minimum Gasteiger partial charge on any atom is -0.381 e. The van der Waals surface area contributed by atoms with Gasteiger partial charge in [0.15, 0.2) is 0 Å².